The molecule has 2 rings (SSSR count). The maximum absolute atomic E-state index is 11.8. The van der Waals surface area contributed by atoms with Gasteiger partial charge in [-0.1, -0.05) is 0 Å². The fourth-order valence-electron chi connectivity index (χ4n) is 2.11. The molecule has 1 aromatic heterocycles. The molecule has 1 saturated heterocycles. The maximum Gasteiger partial charge on any atom is 0.319 e. The second kappa shape index (κ2) is 5.12. The zero-order valence-corrected chi connectivity index (χ0v) is 10.8. The Balaban J connectivity index is 1.99. The molecule has 0 unspecified atom stereocenters. The Morgan fingerprint density at radius 1 is 1.33 bits per heavy atom. The van der Waals surface area contributed by atoms with E-state index >= 15 is 0 Å². The van der Waals surface area contributed by atoms with Crippen molar-refractivity contribution < 1.29 is 4.79 Å². The predicted molar refractivity (Wildman–Crippen MR) is 71.5 cm³/mol. The molecule has 0 radical (unpaired) electrons. The summed E-state index contributed by atoms with van der Waals surface area (Å²) < 4.78 is 0. The third-order valence-electron chi connectivity index (χ3n) is 3.10. The number of urea groups is 1. The van der Waals surface area contributed by atoms with Crippen molar-refractivity contribution in [2.45, 2.75) is 0 Å². The van der Waals surface area contributed by atoms with Gasteiger partial charge in [-0.2, -0.15) is 0 Å². The van der Waals surface area contributed by atoms with Gasteiger partial charge in [-0.05, 0) is 6.07 Å². The van der Waals surface area contributed by atoms with Gasteiger partial charge in [0.15, 0.2) is 0 Å². The highest BCUT2D eigenvalue weighted by molar-refractivity contribution is 5.74. The van der Waals surface area contributed by atoms with E-state index in [9.17, 15) is 4.79 Å². The predicted octanol–water partition coefficient (Wildman–Crippen LogP) is 0.467. The van der Waals surface area contributed by atoms with Crippen molar-refractivity contribution >= 4 is 17.4 Å². The van der Waals surface area contributed by atoms with Crippen molar-refractivity contribution in [2.24, 2.45) is 0 Å². The Morgan fingerprint density at radius 2 is 2.00 bits per heavy atom. The monoisotopic (exact) mass is 249 g/mol. The molecule has 0 atom stereocenters. The molecular formula is C12H19N5O. The number of nitrogens with two attached hydrogens (primary N) is 1. The van der Waals surface area contributed by atoms with Crippen LogP contribution in [0.15, 0.2) is 18.5 Å². The van der Waals surface area contributed by atoms with E-state index in [0.717, 1.165) is 31.9 Å². The van der Waals surface area contributed by atoms with Crippen LogP contribution in [-0.2, 0) is 0 Å². The van der Waals surface area contributed by atoms with Crippen LogP contribution in [0.1, 0.15) is 0 Å². The lowest BCUT2D eigenvalue weighted by molar-refractivity contribution is 0.168. The lowest BCUT2D eigenvalue weighted by Crippen LogP contribution is -2.51. The van der Waals surface area contributed by atoms with Gasteiger partial charge >= 0.3 is 6.03 Å². The number of carbonyl (C=O) groups is 1. The van der Waals surface area contributed by atoms with Crippen molar-refractivity contribution in [1.82, 2.24) is 14.8 Å². The number of nitrogens with zero attached hydrogens (tertiary/aromatic N) is 4. The molecule has 0 saturated carbocycles. The van der Waals surface area contributed by atoms with Crippen LogP contribution in [0.5, 0.6) is 0 Å². The number of nitrogen functional groups attached to an aromatic ring is 1. The molecule has 0 aliphatic carbocycles. The van der Waals surface area contributed by atoms with Crippen LogP contribution in [0.25, 0.3) is 0 Å². The van der Waals surface area contributed by atoms with E-state index in [0.29, 0.717) is 5.69 Å². The molecule has 1 aliphatic rings. The fourth-order valence-corrected chi connectivity index (χ4v) is 2.11. The Labute approximate surface area is 107 Å². The highest BCUT2D eigenvalue weighted by atomic mass is 16.2. The highest BCUT2D eigenvalue weighted by Gasteiger charge is 2.22. The SMILES string of the molecule is CN(C)C(=O)N1CCN(c2ccncc2N)CC1. The first-order valence-electron chi connectivity index (χ1n) is 6.00. The zero-order valence-electron chi connectivity index (χ0n) is 10.8. The van der Waals surface area contributed by atoms with E-state index in [1.165, 1.54) is 0 Å². The minimum Gasteiger partial charge on any atom is -0.396 e. The molecule has 0 aromatic carbocycles. The lowest BCUT2D eigenvalue weighted by atomic mass is 10.2. The van der Waals surface area contributed by atoms with E-state index in [4.69, 9.17) is 5.73 Å². The number of carbonyl (C=O) groups excluding carboxylic acids is 1. The van der Waals surface area contributed by atoms with E-state index in [-0.39, 0.29) is 6.03 Å². The summed E-state index contributed by atoms with van der Waals surface area (Å²) in [7, 11) is 3.55. The number of hydrogen-bond acceptors (Lipinski definition) is 4. The molecule has 2 amide bonds. The van der Waals surface area contributed by atoms with Gasteiger partial charge in [0, 0.05) is 46.5 Å². The van der Waals surface area contributed by atoms with Gasteiger partial charge in [0.05, 0.1) is 17.6 Å². The summed E-state index contributed by atoms with van der Waals surface area (Å²) in [5.41, 5.74) is 7.59. The van der Waals surface area contributed by atoms with Gasteiger partial charge in [-0.3, -0.25) is 4.98 Å². The van der Waals surface area contributed by atoms with Crippen molar-refractivity contribution in [1.29, 1.82) is 0 Å². The summed E-state index contributed by atoms with van der Waals surface area (Å²) in [6, 6.07) is 1.98. The Kier molecular flexibility index (Phi) is 3.55. The summed E-state index contributed by atoms with van der Waals surface area (Å²) in [4.78, 5) is 21.4. The summed E-state index contributed by atoms with van der Waals surface area (Å²) >= 11 is 0. The third kappa shape index (κ3) is 2.47. The van der Waals surface area contributed by atoms with Crippen LogP contribution >= 0.6 is 0 Å². The Hall–Kier alpha value is -1.98. The lowest BCUT2D eigenvalue weighted by Gasteiger charge is -2.37. The molecule has 2 heterocycles. The average molecular weight is 249 g/mol. The minimum absolute atomic E-state index is 0.0670. The van der Waals surface area contributed by atoms with E-state index in [1.54, 1.807) is 31.4 Å². The molecule has 2 N–H and O–H groups in total. The summed E-state index contributed by atoms with van der Waals surface area (Å²) in [5.74, 6) is 0. The molecule has 1 aliphatic heterocycles. The van der Waals surface area contributed by atoms with Crippen LogP contribution in [0, 0.1) is 0 Å². The quantitative estimate of drug-likeness (QED) is 0.785. The fraction of sp³-hybridized carbons (Fsp3) is 0.500. The maximum atomic E-state index is 11.8. The zero-order chi connectivity index (χ0) is 13.1. The van der Waals surface area contributed by atoms with Gasteiger partial charge in [-0.25, -0.2) is 4.79 Å². The second-order valence-electron chi connectivity index (χ2n) is 4.59. The van der Waals surface area contributed by atoms with E-state index < -0.39 is 0 Å². The number of pyridine rings is 1. The number of aromatic nitrogens is 1. The van der Waals surface area contributed by atoms with E-state index in [1.807, 2.05) is 11.0 Å². The number of piperazine rings is 1. The van der Waals surface area contributed by atoms with Crippen LogP contribution < -0.4 is 10.6 Å². The molecule has 18 heavy (non-hydrogen) atoms. The van der Waals surface area contributed by atoms with Crippen molar-refractivity contribution in [3.8, 4) is 0 Å². The number of amides is 2. The third-order valence-corrected chi connectivity index (χ3v) is 3.10. The van der Waals surface area contributed by atoms with Crippen LogP contribution in [0.2, 0.25) is 0 Å². The van der Waals surface area contributed by atoms with Gasteiger partial charge in [0.25, 0.3) is 0 Å². The molecule has 98 valence electrons. The minimum atomic E-state index is 0.0670. The molecular weight excluding hydrogens is 230 g/mol. The van der Waals surface area contributed by atoms with Crippen LogP contribution in [-0.4, -0.2) is 61.1 Å². The van der Waals surface area contributed by atoms with Gasteiger partial charge in [0.1, 0.15) is 0 Å². The number of hydrogen-bond donors (Lipinski definition) is 1. The normalized spacial score (nSPS) is 15.7. The van der Waals surface area contributed by atoms with E-state index in [2.05, 4.69) is 9.88 Å². The first kappa shape index (κ1) is 12.5. The topological polar surface area (TPSA) is 65.7 Å². The standard InChI is InChI=1S/C12H19N5O/c1-15(2)12(18)17-7-5-16(6-8-17)11-3-4-14-9-10(11)13/h3-4,9H,5-8,13H2,1-2H3. The Bertz CT molecular complexity index is 426. The molecule has 6 heteroatoms. The first-order valence-corrected chi connectivity index (χ1v) is 6.00. The van der Waals surface area contributed by atoms with Gasteiger partial charge < -0.3 is 20.4 Å². The summed E-state index contributed by atoms with van der Waals surface area (Å²) in [5, 5.41) is 0. The van der Waals surface area contributed by atoms with Crippen LogP contribution in [0.3, 0.4) is 0 Å². The summed E-state index contributed by atoms with van der Waals surface area (Å²) in [6.07, 6.45) is 3.40. The highest BCUT2D eigenvalue weighted by Crippen LogP contribution is 2.22. The number of anilines is 2. The molecule has 0 bridgehead atoms. The molecule has 1 fully saturated rings. The molecule has 0 spiro atoms. The van der Waals surface area contributed by atoms with Crippen molar-refractivity contribution in [2.75, 3.05) is 50.9 Å². The smallest absolute Gasteiger partial charge is 0.319 e. The molecule has 6 nitrogen and oxygen atoms in total. The molecule has 1 aromatic rings. The Morgan fingerprint density at radius 3 is 2.56 bits per heavy atom. The first-order chi connectivity index (χ1) is 8.59. The second-order valence-corrected chi connectivity index (χ2v) is 4.59. The van der Waals surface area contributed by atoms with Crippen LogP contribution in [0.4, 0.5) is 16.2 Å². The van der Waals surface area contributed by atoms with Crippen molar-refractivity contribution in [3.05, 3.63) is 18.5 Å². The largest absolute Gasteiger partial charge is 0.396 e. The number of rotatable bonds is 1. The van der Waals surface area contributed by atoms with Gasteiger partial charge in [0.2, 0.25) is 0 Å². The summed E-state index contributed by atoms with van der Waals surface area (Å²) in [6.45, 7) is 3.04. The van der Waals surface area contributed by atoms with Crippen molar-refractivity contribution in [3.63, 3.8) is 0 Å². The average Bonchev–Trinajstić information content (AvgIpc) is 2.38. The van der Waals surface area contributed by atoms with Gasteiger partial charge in [-0.15, -0.1) is 0 Å².